The van der Waals surface area contributed by atoms with Gasteiger partial charge in [0.2, 0.25) is 0 Å². The molecule has 1 aromatic carbocycles. The van der Waals surface area contributed by atoms with Gasteiger partial charge in [-0.15, -0.1) is 0 Å². The molecule has 0 fully saturated rings. The van der Waals surface area contributed by atoms with Gasteiger partial charge in [-0.05, 0) is 48.9 Å². The van der Waals surface area contributed by atoms with E-state index in [2.05, 4.69) is 32.6 Å². The quantitative estimate of drug-likeness (QED) is 0.822. The summed E-state index contributed by atoms with van der Waals surface area (Å²) in [5.41, 5.74) is 8.05. The van der Waals surface area contributed by atoms with E-state index in [1.807, 2.05) is 13.0 Å². The molecule has 0 heterocycles. The highest BCUT2D eigenvalue weighted by atomic mass is 19.1. The van der Waals surface area contributed by atoms with Gasteiger partial charge in [-0.25, -0.2) is 4.39 Å². The van der Waals surface area contributed by atoms with Crippen LogP contribution in [0.25, 0.3) is 0 Å². The van der Waals surface area contributed by atoms with Gasteiger partial charge in [-0.1, -0.05) is 27.7 Å². The molecule has 2 nitrogen and oxygen atoms in total. The average molecular weight is 280 g/mol. The van der Waals surface area contributed by atoms with E-state index in [1.165, 1.54) is 0 Å². The molecule has 0 saturated carbocycles. The molecule has 1 aromatic rings. The van der Waals surface area contributed by atoms with Crippen LogP contribution in [0.2, 0.25) is 0 Å². The predicted octanol–water partition coefficient (Wildman–Crippen LogP) is 3.83. The number of hydrogen-bond donors (Lipinski definition) is 1. The lowest BCUT2D eigenvalue weighted by Gasteiger charge is -2.31. The normalized spacial score (nSPS) is 13.1. The topological polar surface area (TPSA) is 29.3 Å². The first-order valence-corrected chi connectivity index (χ1v) is 7.58. The molecule has 20 heavy (non-hydrogen) atoms. The van der Waals surface area contributed by atoms with Crippen molar-refractivity contribution in [1.82, 2.24) is 0 Å². The second-order valence-corrected chi connectivity index (χ2v) is 6.65. The Kier molecular flexibility index (Phi) is 6.47. The summed E-state index contributed by atoms with van der Waals surface area (Å²) in [6.45, 7) is 12.8. The Morgan fingerprint density at radius 1 is 1.05 bits per heavy atom. The first-order chi connectivity index (χ1) is 9.29. The summed E-state index contributed by atoms with van der Waals surface area (Å²) in [5, 5.41) is 0. The van der Waals surface area contributed by atoms with Crippen LogP contribution in [0.5, 0.6) is 0 Å². The van der Waals surface area contributed by atoms with Crippen LogP contribution in [0, 0.1) is 17.7 Å². The van der Waals surface area contributed by atoms with Crippen molar-refractivity contribution in [3.63, 3.8) is 0 Å². The summed E-state index contributed by atoms with van der Waals surface area (Å²) in [6, 6.07) is 5.12. The van der Waals surface area contributed by atoms with Crippen LogP contribution in [0.4, 0.5) is 10.1 Å². The zero-order valence-corrected chi connectivity index (χ0v) is 13.5. The number of nitrogens with zero attached hydrogens (tertiary/aromatic N) is 1. The molecule has 0 spiro atoms. The molecule has 0 radical (unpaired) electrons. The first-order valence-electron chi connectivity index (χ1n) is 7.58. The summed E-state index contributed by atoms with van der Waals surface area (Å²) in [6.07, 6.45) is 0.708. The Bertz CT molecular complexity index is 403. The summed E-state index contributed by atoms with van der Waals surface area (Å²) in [4.78, 5) is 2.37. The minimum absolute atomic E-state index is 0.0375. The van der Waals surface area contributed by atoms with Gasteiger partial charge in [0.05, 0.1) is 0 Å². The van der Waals surface area contributed by atoms with Crippen molar-refractivity contribution >= 4 is 5.69 Å². The lowest BCUT2D eigenvalue weighted by atomic mass is 10.0. The van der Waals surface area contributed by atoms with Crippen LogP contribution in [-0.4, -0.2) is 19.1 Å². The van der Waals surface area contributed by atoms with E-state index in [0.29, 0.717) is 18.3 Å². The molecular formula is C17H29FN2. The standard InChI is InChI=1S/C17H29FN2/c1-12(2)10-20(11-13(3)4)17-7-6-16(18)9-15(17)8-14(5)19/h6-7,9,12-14H,8,10-11,19H2,1-5H3. The van der Waals surface area contributed by atoms with E-state index < -0.39 is 0 Å². The monoisotopic (exact) mass is 280 g/mol. The van der Waals surface area contributed by atoms with Gasteiger partial charge < -0.3 is 10.6 Å². The molecule has 0 aliphatic carbocycles. The van der Waals surface area contributed by atoms with Crippen LogP contribution in [-0.2, 0) is 6.42 Å². The molecule has 1 rings (SSSR count). The number of nitrogens with two attached hydrogens (primary N) is 1. The Labute approximate surface area is 123 Å². The minimum Gasteiger partial charge on any atom is -0.371 e. The zero-order valence-electron chi connectivity index (χ0n) is 13.5. The van der Waals surface area contributed by atoms with E-state index in [1.54, 1.807) is 12.1 Å². The van der Waals surface area contributed by atoms with Gasteiger partial charge in [0.15, 0.2) is 0 Å². The average Bonchev–Trinajstić information content (AvgIpc) is 2.25. The van der Waals surface area contributed by atoms with Crippen molar-refractivity contribution in [2.75, 3.05) is 18.0 Å². The Balaban J connectivity index is 3.09. The molecule has 114 valence electrons. The van der Waals surface area contributed by atoms with Crippen LogP contribution in [0.3, 0.4) is 0 Å². The van der Waals surface area contributed by atoms with Crippen LogP contribution >= 0.6 is 0 Å². The maximum atomic E-state index is 13.5. The molecule has 3 heteroatoms. The molecule has 2 N–H and O–H groups in total. The molecule has 0 amide bonds. The van der Waals surface area contributed by atoms with Crippen molar-refractivity contribution in [2.45, 2.75) is 47.1 Å². The largest absolute Gasteiger partial charge is 0.371 e. The maximum Gasteiger partial charge on any atom is 0.123 e. The van der Waals surface area contributed by atoms with Gasteiger partial charge >= 0.3 is 0 Å². The van der Waals surface area contributed by atoms with Gasteiger partial charge in [0, 0.05) is 24.8 Å². The summed E-state index contributed by atoms with van der Waals surface area (Å²) in [7, 11) is 0. The highest BCUT2D eigenvalue weighted by Crippen LogP contribution is 2.25. The van der Waals surface area contributed by atoms with Gasteiger partial charge in [0.1, 0.15) is 5.82 Å². The Morgan fingerprint density at radius 2 is 1.60 bits per heavy atom. The lowest BCUT2D eigenvalue weighted by molar-refractivity contribution is 0.549. The third kappa shape index (κ3) is 5.49. The Morgan fingerprint density at radius 3 is 2.05 bits per heavy atom. The molecule has 0 aliphatic heterocycles. The highest BCUT2D eigenvalue weighted by Gasteiger charge is 2.15. The lowest BCUT2D eigenvalue weighted by Crippen LogP contribution is -2.32. The number of halogens is 1. The summed E-state index contributed by atoms with van der Waals surface area (Å²) in [5.74, 6) is 0.961. The molecule has 0 bridgehead atoms. The fourth-order valence-electron chi connectivity index (χ4n) is 2.53. The molecule has 1 atom stereocenters. The summed E-state index contributed by atoms with van der Waals surface area (Å²) >= 11 is 0. The molecule has 1 unspecified atom stereocenters. The second-order valence-electron chi connectivity index (χ2n) is 6.65. The summed E-state index contributed by atoms with van der Waals surface area (Å²) < 4.78 is 13.5. The van der Waals surface area contributed by atoms with Crippen molar-refractivity contribution in [3.05, 3.63) is 29.6 Å². The van der Waals surface area contributed by atoms with E-state index in [0.717, 1.165) is 24.3 Å². The van der Waals surface area contributed by atoms with Crippen molar-refractivity contribution in [1.29, 1.82) is 0 Å². The fourth-order valence-corrected chi connectivity index (χ4v) is 2.53. The van der Waals surface area contributed by atoms with E-state index in [9.17, 15) is 4.39 Å². The van der Waals surface area contributed by atoms with Crippen molar-refractivity contribution in [3.8, 4) is 0 Å². The molecule has 0 saturated heterocycles. The van der Waals surface area contributed by atoms with Gasteiger partial charge in [0.25, 0.3) is 0 Å². The SMILES string of the molecule is CC(C)CN(CC(C)C)c1ccc(F)cc1CC(C)N. The molecule has 0 aromatic heterocycles. The van der Waals surface area contributed by atoms with Gasteiger partial charge in [-0.3, -0.25) is 0 Å². The second kappa shape index (κ2) is 7.63. The minimum atomic E-state index is -0.182. The maximum absolute atomic E-state index is 13.5. The first kappa shape index (κ1) is 17.0. The van der Waals surface area contributed by atoms with Crippen molar-refractivity contribution in [2.24, 2.45) is 17.6 Å². The number of benzene rings is 1. The van der Waals surface area contributed by atoms with E-state index in [-0.39, 0.29) is 11.9 Å². The van der Waals surface area contributed by atoms with Crippen LogP contribution in [0.15, 0.2) is 18.2 Å². The third-order valence-corrected chi connectivity index (χ3v) is 3.10. The number of hydrogen-bond acceptors (Lipinski definition) is 2. The highest BCUT2D eigenvalue weighted by molar-refractivity contribution is 5.54. The number of rotatable bonds is 7. The fraction of sp³-hybridized carbons (Fsp3) is 0.647. The van der Waals surface area contributed by atoms with Crippen molar-refractivity contribution < 1.29 is 4.39 Å². The van der Waals surface area contributed by atoms with Crippen LogP contribution in [0.1, 0.15) is 40.2 Å². The number of anilines is 1. The predicted molar refractivity (Wildman–Crippen MR) is 85.6 cm³/mol. The third-order valence-electron chi connectivity index (χ3n) is 3.10. The smallest absolute Gasteiger partial charge is 0.123 e. The zero-order chi connectivity index (χ0) is 15.3. The molecular weight excluding hydrogens is 251 g/mol. The Hall–Kier alpha value is -1.09. The van der Waals surface area contributed by atoms with E-state index >= 15 is 0 Å². The van der Waals surface area contributed by atoms with Crippen LogP contribution < -0.4 is 10.6 Å². The van der Waals surface area contributed by atoms with E-state index in [4.69, 9.17) is 5.73 Å². The molecule has 0 aliphatic rings. The van der Waals surface area contributed by atoms with Gasteiger partial charge in [-0.2, -0.15) is 0 Å².